The molecule has 0 spiro atoms. The third-order valence-electron chi connectivity index (χ3n) is 1.72. The van der Waals surface area contributed by atoms with Crippen LogP contribution in [0.5, 0.6) is 0 Å². The number of carboxylic acid groups (broad SMARTS) is 1. The minimum atomic E-state index is -5.12. The van der Waals surface area contributed by atoms with E-state index >= 15 is 0 Å². The zero-order valence-electron chi connectivity index (χ0n) is 7.48. The Labute approximate surface area is 85.1 Å². The Morgan fingerprint density at radius 2 is 2.06 bits per heavy atom. The molecule has 1 heterocycles. The summed E-state index contributed by atoms with van der Waals surface area (Å²) in [4.78, 5) is 10.3. The lowest BCUT2D eigenvalue weighted by molar-refractivity contribution is -0.180. The lowest BCUT2D eigenvalue weighted by Crippen LogP contribution is -2.26. The highest BCUT2D eigenvalue weighted by molar-refractivity contribution is 5.85. The fraction of sp³-hybridized carbons (Fsp3) is 0.429. The first kappa shape index (κ1) is 12.4. The first-order valence-corrected chi connectivity index (χ1v) is 3.90. The molecule has 2 N–H and O–H groups in total. The maximum atomic E-state index is 13.0. The summed E-state index contributed by atoms with van der Waals surface area (Å²) in [6, 6.07) is 0. The van der Waals surface area contributed by atoms with Crippen LogP contribution in [0.2, 0.25) is 0 Å². The van der Waals surface area contributed by atoms with Gasteiger partial charge >= 0.3 is 12.1 Å². The quantitative estimate of drug-likeness (QED) is 0.795. The van der Waals surface area contributed by atoms with Crippen molar-refractivity contribution in [3.05, 3.63) is 17.2 Å². The van der Waals surface area contributed by atoms with Crippen molar-refractivity contribution in [1.82, 2.24) is 10.2 Å². The van der Waals surface area contributed by atoms with Gasteiger partial charge in [0.05, 0.1) is 5.69 Å². The monoisotopic (exact) mass is 244 g/mol. The number of aromatic nitrogens is 2. The number of rotatable bonds is 3. The first-order chi connectivity index (χ1) is 7.23. The normalized spacial score (nSPS) is 13.8. The Morgan fingerprint density at radius 1 is 1.50 bits per heavy atom. The highest BCUT2D eigenvalue weighted by Gasteiger charge is 2.41. The molecule has 1 atom stereocenters. The van der Waals surface area contributed by atoms with E-state index < -0.39 is 41.9 Å². The molecule has 4 nitrogen and oxygen atoms in total. The SMILES string of the molecule is O=C(O)c1n[nH]c(CC(F)C(F)(F)F)c1F. The van der Waals surface area contributed by atoms with Crippen LogP contribution in [0.1, 0.15) is 16.2 Å². The van der Waals surface area contributed by atoms with Crippen LogP contribution in [0.15, 0.2) is 0 Å². The van der Waals surface area contributed by atoms with E-state index in [-0.39, 0.29) is 0 Å². The van der Waals surface area contributed by atoms with Gasteiger partial charge < -0.3 is 5.11 Å². The van der Waals surface area contributed by atoms with Crippen LogP contribution in [0.3, 0.4) is 0 Å². The van der Waals surface area contributed by atoms with Gasteiger partial charge in [-0.15, -0.1) is 0 Å². The number of nitrogens with one attached hydrogen (secondary N) is 1. The van der Waals surface area contributed by atoms with Gasteiger partial charge in [0.25, 0.3) is 0 Å². The van der Waals surface area contributed by atoms with E-state index in [4.69, 9.17) is 5.11 Å². The third kappa shape index (κ3) is 2.47. The van der Waals surface area contributed by atoms with Crippen LogP contribution < -0.4 is 0 Å². The highest BCUT2D eigenvalue weighted by Crippen LogP contribution is 2.26. The van der Waals surface area contributed by atoms with Crippen LogP contribution in [-0.2, 0) is 6.42 Å². The molecule has 90 valence electrons. The number of carbonyl (C=O) groups is 1. The maximum Gasteiger partial charge on any atom is 0.420 e. The Morgan fingerprint density at radius 3 is 2.44 bits per heavy atom. The van der Waals surface area contributed by atoms with Gasteiger partial charge in [-0.3, -0.25) is 5.10 Å². The number of halogens is 5. The van der Waals surface area contributed by atoms with E-state index in [1.165, 1.54) is 0 Å². The Balaban J connectivity index is 2.87. The smallest absolute Gasteiger partial charge is 0.420 e. The summed E-state index contributed by atoms with van der Waals surface area (Å²) in [5.41, 5.74) is -1.90. The molecular weight excluding hydrogens is 239 g/mol. The van der Waals surface area contributed by atoms with E-state index in [1.54, 1.807) is 5.10 Å². The zero-order valence-corrected chi connectivity index (χ0v) is 7.48. The van der Waals surface area contributed by atoms with Crippen molar-refractivity contribution in [2.45, 2.75) is 18.8 Å². The van der Waals surface area contributed by atoms with Crippen molar-refractivity contribution in [2.24, 2.45) is 0 Å². The minimum Gasteiger partial charge on any atom is -0.476 e. The number of carboxylic acids is 1. The molecular formula is C7H5F5N2O2. The predicted molar refractivity (Wildman–Crippen MR) is 40.2 cm³/mol. The average molecular weight is 244 g/mol. The minimum absolute atomic E-state index is 0.831. The lowest BCUT2D eigenvalue weighted by Gasteiger charge is -2.10. The number of aromatic amines is 1. The van der Waals surface area contributed by atoms with E-state index in [9.17, 15) is 26.7 Å². The van der Waals surface area contributed by atoms with E-state index in [0.717, 1.165) is 0 Å². The molecule has 0 saturated carbocycles. The summed E-state index contributed by atoms with van der Waals surface area (Å²) in [6.45, 7) is 0. The molecule has 0 saturated heterocycles. The molecule has 1 unspecified atom stereocenters. The fourth-order valence-corrected chi connectivity index (χ4v) is 0.936. The lowest BCUT2D eigenvalue weighted by atomic mass is 10.2. The number of hydrogen-bond acceptors (Lipinski definition) is 2. The summed E-state index contributed by atoms with van der Waals surface area (Å²) in [6.07, 6.45) is -9.74. The number of alkyl halides is 4. The van der Waals surface area contributed by atoms with Crippen molar-refractivity contribution in [3.8, 4) is 0 Å². The van der Waals surface area contributed by atoms with Crippen molar-refractivity contribution in [1.29, 1.82) is 0 Å². The molecule has 0 amide bonds. The van der Waals surface area contributed by atoms with Gasteiger partial charge in [-0.25, -0.2) is 13.6 Å². The summed E-state index contributed by atoms with van der Waals surface area (Å²) in [7, 11) is 0. The number of aromatic carboxylic acids is 1. The summed E-state index contributed by atoms with van der Waals surface area (Å²) in [5, 5.41) is 13.0. The maximum absolute atomic E-state index is 13.0. The highest BCUT2D eigenvalue weighted by atomic mass is 19.4. The standard InChI is InChI=1S/C7H5F5N2O2/c8-3(7(10,11)12)1-2-4(9)5(6(15)16)14-13-2/h3H,1H2,(H,13,14)(H,15,16). The molecule has 0 aliphatic heterocycles. The zero-order chi connectivity index (χ0) is 12.5. The second-order valence-corrected chi connectivity index (χ2v) is 2.88. The molecule has 1 rings (SSSR count). The van der Waals surface area contributed by atoms with Gasteiger partial charge in [0.15, 0.2) is 5.82 Å². The third-order valence-corrected chi connectivity index (χ3v) is 1.72. The Bertz CT molecular complexity index is 400. The molecule has 0 aromatic carbocycles. The number of hydrogen-bond donors (Lipinski definition) is 2. The van der Waals surface area contributed by atoms with Crippen LogP contribution in [0, 0.1) is 5.82 Å². The molecule has 0 radical (unpaired) electrons. The van der Waals surface area contributed by atoms with Gasteiger partial charge in [0.2, 0.25) is 11.9 Å². The van der Waals surface area contributed by atoms with Crippen LogP contribution >= 0.6 is 0 Å². The fourth-order valence-electron chi connectivity index (χ4n) is 0.936. The van der Waals surface area contributed by atoms with Crippen molar-refractivity contribution in [3.63, 3.8) is 0 Å². The molecule has 0 bridgehead atoms. The van der Waals surface area contributed by atoms with Gasteiger partial charge in [-0.05, 0) is 0 Å². The van der Waals surface area contributed by atoms with Crippen molar-refractivity contribution in [2.75, 3.05) is 0 Å². The second kappa shape index (κ2) is 4.06. The topological polar surface area (TPSA) is 66.0 Å². The van der Waals surface area contributed by atoms with Gasteiger partial charge in [-0.1, -0.05) is 0 Å². The predicted octanol–water partition coefficient (Wildman–Crippen LogP) is 1.69. The summed E-state index contributed by atoms with van der Waals surface area (Å²) < 4.78 is 60.9. The molecule has 0 aliphatic carbocycles. The van der Waals surface area contributed by atoms with Crippen molar-refractivity contribution < 1.29 is 31.9 Å². The van der Waals surface area contributed by atoms with E-state index in [0.29, 0.717) is 0 Å². The second-order valence-electron chi connectivity index (χ2n) is 2.88. The van der Waals surface area contributed by atoms with Crippen LogP contribution in [0.4, 0.5) is 22.0 Å². The molecule has 0 fully saturated rings. The van der Waals surface area contributed by atoms with E-state index in [2.05, 4.69) is 5.10 Å². The molecule has 0 aliphatic rings. The van der Waals surface area contributed by atoms with Gasteiger partial charge in [-0.2, -0.15) is 18.3 Å². The molecule has 16 heavy (non-hydrogen) atoms. The van der Waals surface area contributed by atoms with Crippen molar-refractivity contribution >= 4 is 5.97 Å². The molecule has 1 aromatic heterocycles. The molecule has 9 heteroatoms. The largest absolute Gasteiger partial charge is 0.476 e. The Kier molecular flexibility index (Phi) is 3.15. The van der Waals surface area contributed by atoms with Gasteiger partial charge in [0.1, 0.15) is 0 Å². The molecule has 1 aromatic rings. The average Bonchev–Trinajstić information content (AvgIpc) is 2.46. The van der Waals surface area contributed by atoms with E-state index in [1.807, 2.05) is 0 Å². The van der Waals surface area contributed by atoms with Crippen LogP contribution in [-0.4, -0.2) is 33.6 Å². The number of H-pyrrole nitrogens is 1. The summed E-state index contributed by atoms with van der Waals surface area (Å²) >= 11 is 0. The van der Waals surface area contributed by atoms with Crippen LogP contribution in [0.25, 0.3) is 0 Å². The number of nitrogens with zero attached hydrogens (tertiary/aromatic N) is 1. The Hall–Kier alpha value is -1.67. The summed E-state index contributed by atoms with van der Waals surface area (Å²) in [5.74, 6) is -3.23. The van der Waals surface area contributed by atoms with Gasteiger partial charge in [0, 0.05) is 6.42 Å². The first-order valence-electron chi connectivity index (χ1n) is 3.90.